The van der Waals surface area contributed by atoms with E-state index < -0.39 is 5.60 Å². The van der Waals surface area contributed by atoms with Crippen LogP contribution in [-0.4, -0.2) is 64.4 Å². The third kappa shape index (κ3) is 4.55. The lowest BCUT2D eigenvalue weighted by Gasteiger charge is -2.51. The first-order chi connectivity index (χ1) is 18.9. The van der Waals surface area contributed by atoms with E-state index in [0.29, 0.717) is 18.2 Å². The molecule has 2 bridgehead atoms. The number of rotatable bonds is 4. The number of likely N-dealkylation sites (tertiary alicyclic amines) is 1. The summed E-state index contributed by atoms with van der Waals surface area (Å²) < 4.78 is 12.1. The van der Waals surface area contributed by atoms with Gasteiger partial charge in [-0.05, 0) is 93.0 Å². The Morgan fingerprint density at radius 3 is 2.44 bits per heavy atom. The summed E-state index contributed by atoms with van der Waals surface area (Å²) in [6, 6.07) is 9.07. The van der Waals surface area contributed by atoms with E-state index in [1.54, 1.807) is 6.20 Å². The molecule has 1 amide bonds. The Balaban J connectivity index is 1.07. The number of carbonyl (C=O) groups is 1. The average Bonchev–Trinajstić information content (AvgIpc) is 3.32. The van der Waals surface area contributed by atoms with Crippen molar-refractivity contribution in [3.05, 3.63) is 47.2 Å². The largest absolute Gasteiger partial charge is 0.390 e. The summed E-state index contributed by atoms with van der Waals surface area (Å²) in [6.45, 7) is 4.50. The topological polar surface area (TPSA) is 110 Å². The van der Waals surface area contributed by atoms with Gasteiger partial charge in [0.15, 0.2) is 0 Å². The zero-order valence-electron chi connectivity index (χ0n) is 22.7. The minimum atomic E-state index is -0.537. The number of anilines is 1. The molecule has 0 unspecified atom stereocenters. The molecular formula is C31H40N4O4. The highest BCUT2D eigenvalue weighted by molar-refractivity contribution is 6.00. The third-order valence-corrected chi connectivity index (χ3v) is 10.5. The molecule has 8 rings (SSSR count). The molecule has 3 saturated carbocycles. The van der Waals surface area contributed by atoms with Gasteiger partial charge in [-0.2, -0.15) is 0 Å². The van der Waals surface area contributed by atoms with Crippen LogP contribution in [0.5, 0.6) is 0 Å². The van der Waals surface area contributed by atoms with Gasteiger partial charge in [0.1, 0.15) is 5.82 Å². The zero-order valence-corrected chi connectivity index (χ0v) is 22.7. The number of pyridine rings is 1. The molecule has 208 valence electrons. The van der Waals surface area contributed by atoms with E-state index in [-0.39, 0.29) is 22.9 Å². The van der Waals surface area contributed by atoms with Crippen LogP contribution < -0.4 is 11.1 Å². The van der Waals surface area contributed by atoms with Crippen LogP contribution in [0.25, 0.3) is 11.1 Å². The van der Waals surface area contributed by atoms with Crippen molar-refractivity contribution < 1.29 is 19.4 Å². The van der Waals surface area contributed by atoms with E-state index in [1.165, 1.54) is 11.1 Å². The number of fused-ring (bicyclic) bond motifs is 5. The van der Waals surface area contributed by atoms with Gasteiger partial charge in [-0.1, -0.05) is 12.1 Å². The van der Waals surface area contributed by atoms with E-state index in [4.69, 9.17) is 15.2 Å². The molecule has 0 atom stereocenters. The van der Waals surface area contributed by atoms with Crippen molar-refractivity contribution in [1.29, 1.82) is 0 Å². The van der Waals surface area contributed by atoms with E-state index >= 15 is 0 Å². The number of hydrogen-bond donors (Lipinski definition) is 3. The van der Waals surface area contributed by atoms with Gasteiger partial charge in [0.2, 0.25) is 0 Å². The number of ether oxygens (including phenoxy) is 2. The van der Waals surface area contributed by atoms with Crippen LogP contribution in [0.3, 0.4) is 0 Å². The van der Waals surface area contributed by atoms with Gasteiger partial charge in [-0.15, -0.1) is 0 Å². The van der Waals surface area contributed by atoms with Crippen LogP contribution in [0.15, 0.2) is 30.5 Å². The molecule has 3 aliphatic carbocycles. The number of nitrogens with zero attached hydrogens (tertiary/aromatic N) is 2. The summed E-state index contributed by atoms with van der Waals surface area (Å²) >= 11 is 0. The van der Waals surface area contributed by atoms with Gasteiger partial charge in [0.25, 0.3) is 5.91 Å². The molecule has 4 heterocycles. The number of aliphatic hydroxyl groups is 1. The smallest absolute Gasteiger partial charge is 0.255 e. The number of carbonyl (C=O) groups excluding carboxylic acids is 1. The maximum absolute atomic E-state index is 13.4. The standard InChI is InChI=1S/C31H40N4O4/c32-27-25(28(36)34-29-5-8-30(37,9-6-29)10-7-29)18-22(19-33-27)21-1-2-26-23(17-21)20-39-31(26)11-13-35(14-12-31)24-3-15-38-16-4-24/h1-2,17-19,24,37H,3-16,20H2,(H2,32,33)(H,34,36). The fourth-order valence-electron chi connectivity index (χ4n) is 7.82. The van der Waals surface area contributed by atoms with Crippen molar-refractivity contribution in [2.24, 2.45) is 0 Å². The summed E-state index contributed by atoms with van der Waals surface area (Å²) in [7, 11) is 0. The van der Waals surface area contributed by atoms with Crippen molar-refractivity contribution >= 4 is 11.7 Å². The highest BCUT2D eigenvalue weighted by Crippen LogP contribution is 2.47. The molecule has 39 heavy (non-hydrogen) atoms. The zero-order chi connectivity index (χ0) is 26.7. The lowest BCUT2D eigenvalue weighted by atomic mass is 9.63. The number of nitrogens with two attached hydrogens (primary N) is 1. The number of aromatic nitrogens is 1. The van der Waals surface area contributed by atoms with E-state index in [2.05, 4.69) is 33.4 Å². The Bertz CT molecular complexity index is 1240. The lowest BCUT2D eigenvalue weighted by Crippen LogP contribution is -2.58. The molecule has 8 nitrogen and oxygen atoms in total. The molecule has 2 saturated heterocycles. The fraction of sp³-hybridized carbons (Fsp3) is 0.613. The second-order valence-corrected chi connectivity index (χ2v) is 12.6. The summed E-state index contributed by atoms with van der Waals surface area (Å²) in [6.07, 6.45) is 10.7. The molecule has 5 fully saturated rings. The highest BCUT2D eigenvalue weighted by Gasteiger charge is 2.48. The quantitative estimate of drug-likeness (QED) is 0.548. The molecule has 8 heteroatoms. The molecule has 1 spiro atoms. The van der Waals surface area contributed by atoms with Gasteiger partial charge in [0.05, 0.1) is 23.4 Å². The molecule has 4 N–H and O–H groups in total. The van der Waals surface area contributed by atoms with Gasteiger partial charge < -0.3 is 25.6 Å². The monoisotopic (exact) mass is 532 g/mol. The maximum Gasteiger partial charge on any atom is 0.255 e. The Kier molecular flexibility index (Phi) is 6.23. The number of nitrogens with one attached hydrogen (secondary N) is 1. The van der Waals surface area contributed by atoms with Crippen LogP contribution >= 0.6 is 0 Å². The Hall–Kier alpha value is -2.52. The highest BCUT2D eigenvalue weighted by atomic mass is 16.5. The second-order valence-electron chi connectivity index (χ2n) is 12.6. The average molecular weight is 533 g/mol. The fourth-order valence-corrected chi connectivity index (χ4v) is 7.82. The van der Waals surface area contributed by atoms with Crippen LogP contribution in [0, 0.1) is 0 Å². The predicted octanol–water partition coefficient (Wildman–Crippen LogP) is 3.90. The van der Waals surface area contributed by atoms with Gasteiger partial charge >= 0.3 is 0 Å². The van der Waals surface area contributed by atoms with Crippen LogP contribution in [-0.2, 0) is 21.7 Å². The van der Waals surface area contributed by atoms with Crippen molar-refractivity contribution in [3.8, 4) is 11.1 Å². The van der Waals surface area contributed by atoms with E-state index in [0.717, 1.165) is 102 Å². The summed E-state index contributed by atoms with van der Waals surface area (Å²) in [5.41, 5.74) is 10.1. The maximum atomic E-state index is 13.4. The van der Waals surface area contributed by atoms with Gasteiger partial charge in [-0.3, -0.25) is 9.69 Å². The van der Waals surface area contributed by atoms with E-state index in [1.807, 2.05) is 6.07 Å². The Labute approximate surface area is 230 Å². The van der Waals surface area contributed by atoms with Crippen LogP contribution in [0.4, 0.5) is 5.82 Å². The second kappa shape index (κ2) is 9.54. The molecule has 1 aromatic heterocycles. The van der Waals surface area contributed by atoms with Gasteiger partial charge in [0, 0.05) is 49.6 Å². The number of hydrogen-bond acceptors (Lipinski definition) is 7. The molecule has 0 radical (unpaired) electrons. The molecule has 6 aliphatic rings. The summed E-state index contributed by atoms with van der Waals surface area (Å²) in [5.74, 6) is 0.0735. The summed E-state index contributed by atoms with van der Waals surface area (Å²) in [4.78, 5) is 20.4. The number of nitrogen functional groups attached to an aromatic ring is 1. The first-order valence-corrected chi connectivity index (χ1v) is 14.8. The van der Waals surface area contributed by atoms with Crippen LogP contribution in [0.1, 0.15) is 85.7 Å². The van der Waals surface area contributed by atoms with E-state index in [9.17, 15) is 9.90 Å². The number of piperidine rings is 1. The minimum absolute atomic E-state index is 0.172. The van der Waals surface area contributed by atoms with Crippen LogP contribution in [0.2, 0.25) is 0 Å². The minimum Gasteiger partial charge on any atom is -0.390 e. The lowest BCUT2D eigenvalue weighted by molar-refractivity contribution is -0.0905. The SMILES string of the molecule is Nc1ncc(-c2ccc3c(c2)COC32CCN(C3CCOCC3)CC2)cc1C(=O)NC12CCC(O)(CC1)CC2. The van der Waals surface area contributed by atoms with Crippen molar-refractivity contribution in [2.45, 2.75) is 93.6 Å². The third-order valence-electron chi connectivity index (χ3n) is 10.5. The van der Waals surface area contributed by atoms with Crippen molar-refractivity contribution in [1.82, 2.24) is 15.2 Å². The molecule has 3 aliphatic heterocycles. The molecule has 1 aromatic carbocycles. The summed E-state index contributed by atoms with van der Waals surface area (Å²) in [5, 5.41) is 13.8. The molecule has 2 aromatic rings. The predicted molar refractivity (Wildman–Crippen MR) is 148 cm³/mol. The van der Waals surface area contributed by atoms with Crippen molar-refractivity contribution in [3.63, 3.8) is 0 Å². The first kappa shape index (κ1) is 25.4. The van der Waals surface area contributed by atoms with Crippen molar-refractivity contribution in [2.75, 3.05) is 32.0 Å². The number of benzene rings is 1. The number of amides is 1. The van der Waals surface area contributed by atoms with Gasteiger partial charge in [-0.25, -0.2) is 4.98 Å². The Morgan fingerprint density at radius 1 is 1.00 bits per heavy atom. The first-order valence-electron chi connectivity index (χ1n) is 14.8. The molecular weight excluding hydrogens is 492 g/mol. The Morgan fingerprint density at radius 2 is 1.72 bits per heavy atom. The normalized spacial score (nSPS) is 30.4.